The molecule has 4 aromatic carbocycles. The van der Waals surface area contributed by atoms with Crippen LogP contribution in [0.5, 0.6) is 0 Å². The summed E-state index contributed by atoms with van der Waals surface area (Å²) in [5.41, 5.74) is 2.26. The van der Waals surface area contributed by atoms with Gasteiger partial charge in [0.15, 0.2) is 0 Å². The molecule has 2 amide bonds. The fourth-order valence-electron chi connectivity index (χ4n) is 4.84. The molecule has 0 aliphatic carbocycles. The maximum absolute atomic E-state index is 13.8. The van der Waals surface area contributed by atoms with Gasteiger partial charge in [0.1, 0.15) is 0 Å². The molecule has 1 aliphatic heterocycles. The van der Waals surface area contributed by atoms with E-state index in [4.69, 9.17) is 11.6 Å². The van der Waals surface area contributed by atoms with Crippen molar-refractivity contribution in [2.24, 2.45) is 0 Å². The number of nitrogens with one attached hydrogen (secondary N) is 1. The predicted molar refractivity (Wildman–Crippen MR) is 157 cm³/mol. The Balaban J connectivity index is 1.47. The first kappa shape index (κ1) is 27.4. The van der Waals surface area contributed by atoms with Crippen LogP contribution in [0, 0.1) is 0 Å². The van der Waals surface area contributed by atoms with Gasteiger partial charge in [-0.1, -0.05) is 54.1 Å². The lowest BCUT2D eigenvalue weighted by molar-refractivity contribution is 0.0950. The molecule has 4 aromatic rings. The number of rotatable bonds is 8. The first-order chi connectivity index (χ1) is 19.3. The second-order valence-corrected chi connectivity index (χ2v) is 11.7. The molecule has 5 rings (SSSR count). The fourth-order valence-corrected chi connectivity index (χ4v) is 6.68. The molecule has 40 heavy (non-hydrogen) atoms. The Kier molecular flexibility index (Phi) is 7.91. The summed E-state index contributed by atoms with van der Waals surface area (Å²) in [6.45, 7) is 3.88. The molecular formula is C31H28ClN3O4S. The maximum atomic E-state index is 13.8. The molecule has 0 saturated heterocycles. The Morgan fingerprint density at radius 2 is 1.65 bits per heavy atom. The first-order valence-electron chi connectivity index (χ1n) is 12.9. The van der Waals surface area contributed by atoms with Crippen LogP contribution >= 0.6 is 11.6 Å². The van der Waals surface area contributed by atoms with E-state index in [0.717, 1.165) is 17.8 Å². The largest absolute Gasteiger partial charge is 0.370 e. The zero-order valence-electron chi connectivity index (χ0n) is 21.9. The number of sulfone groups is 1. The summed E-state index contributed by atoms with van der Waals surface area (Å²) in [5, 5.41) is 3.42. The van der Waals surface area contributed by atoms with E-state index in [1.54, 1.807) is 30.3 Å². The summed E-state index contributed by atoms with van der Waals surface area (Å²) >= 11 is 6.19. The van der Waals surface area contributed by atoms with Gasteiger partial charge >= 0.3 is 0 Å². The third kappa shape index (κ3) is 5.46. The molecule has 1 aliphatic rings. The lowest BCUT2D eigenvalue weighted by Gasteiger charge is -2.24. The number of para-hydroxylation sites is 1. The molecule has 0 atom stereocenters. The van der Waals surface area contributed by atoms with E-state index in [2.05, 4.69) is 10.2 Å². The van der Waals surface area contributed by atoms with Crippen LogP contribution in [-0.2, 0) is 16.4 Å². The number of benzene rings is 4. The molecule has 1 N–H and O–H groups in total. The van der Waals surface area contributed by atoms with Gasteiger partial charge in [0.05, 0.1) is 27.6 Å². The standard InChI is InChI=1S/C31H28ClN3O4S/c1-2-34(25-11-4-3-5-12-25)18-17-33-30(36)23-15-16-29-27(20-23)35(21-22-9-8-10-24(32)19-22)31(37)26-13-6-7-14-28(26)40(29,38)39/h3-16,19-20H,2,17-18,21H2,1H3,(H,33,36). The van der Waals surface area contributed by atoms with Crippen molar-refractivity contribution >= 4 is 44.6 Å². The number of carbonyl (C=O) groups is 2. The van der Waals surface area contributed by atoms with Gasteiger partial charge < -0.3 is 15.1 Å². The van der Waals surface area contributed by atoms with Gasteiger partial charge in [-0.25, -0.2) is 8.42 Å². The smallest absolute Gasteiger partial charge is 0.259 e. The molecule has 1 heterocycles. The van der Waals surface area contributed by atoms with Crippen LogP contribution in [0.15, 0.2) is 107 Å². The van der Waals surface area contributed by atoms with Crippen molar-refractivity contribution < 1.29 is 18.0 Å². The number of nitrogens with zero attached hydrogens (tertiary/aromatic N) is 2. The van der Waals surface area contributed by atoms with Crippen LogP contribution in [0.25, 0.3) is 0 Å². The average molecular weight is 574 g/mol. The zero-order chi connectivity index (χ0) is 28.3. The van der Waals surface area contributed by atoms with Crippen molar-refractivity contribution in [3.05, 3.63) is 119 Å². The Bertz CT molecular complexity index is 1680. The minimum atomic E-state index is -4.04. The van der Waals surface area contributed by atoms with Gasteiger partial charge in [-0.3, -0.25) is 9.59 Å². The van der Waals surface area contributed by atoms with Crippen molar-refractivity contribution in [3.8, 4) is 0 Å². The van der Waals surface area contributed by atoms with Gasteiger partial charge in [-0.2, -0.15) is 0 Å². The van der Waals surface area contributed by atoms with E-state index in [-0.39, 0.29) is 39.1 Å². The molecule has 0 aromatic heterocycles. The van der Waals surface area contributed by atoms with Crippen molar-refractivity contribution in [1.29, 1.82) is 0 Å². The lowest BCUT2D eigenvalue weighted by atomic mass is 10.1. The minimum Gasteiger partial charge on any atom is -0.370 e. The minimum absolute atomic E-state index is 0.0365. The summed E-state index contributed by atoms with van der Waals surface area (Å²) in [5.74, 6) is -0.835. The molecule has 0 radical (unpaired) electrons. The van der Waals surface area contributed by atoms with Gasteiger partial charge in [0.25, 0.3) is 11.8 Å². The Hall–Kier alpha value is -4.14. The average Bonchev–Trinajstić information content (AvgIpc) is 3.03. The maximum Gasteiger partial charge on any atom is 0.259 e. The van der Waals surface area contributed by atoms with Crippen LogP contribution in [0.3, 0.4) is 0 Å². The third-order valence-electron chi connectivity index (χ3n) is 6.85. The Morgan fingerprint density at radius 1 is 0.900 bits per heavy atom. The zero-order valence-corrected chi connectivity index (χ0v) is 23.5. The molecule has 0 saturated carbocycles. The molecule has 204 valence electrons. The second kappa shape index (κ2) is 11.5. The number of anilines is 2. The third-order valence-corrected chi connectivity index (χ3v) is 8.95. The van der Waals surface area contributed by atoms with Crippen LogP contribution in [-0.4, -0.2) is 39.9 Å². The number of fused-ring (bicyclic) bond motifs is 2. The fraction of sp³-hybridized carbons (Fsp3) is 0.161. The number of halogens is 1. The van der Waals surface area contributed by atoms with Gasteiger partial charge in [-0.05, 0) is 67.1 Å². The lowest BCUT2D eigenvalue weighted by Crippen LogP contribution is -2.35. The summed E-state index contributed by atoms with van der Waals surface area (Å²) < 4.78 is 27.4. The van der Waals surface area contributed by atoms with Gasteiger partial charge in [-0.15, -0.1) is 0 Å². The highest BCUT2D eigenvalue weighted by Crippen LogP contribution is 2.38. The summed E-state index contributed by atoms with van der Waals surface area (Å²) in [4.78, 5) is 30.4. The Labute approximate surface area is 238 Å². The SMILES string of the molecule is CCN(CCNC(=O)c1ccc2c(c1)N(Cc1cccc(Cl)c1)C(=O)c1ccccc1S2(=O)=O)c1ccccc1. The van der Waals surface area contributed by atoms with E-state index >= 15 is 0 Å². The van der Waals surface area contributed by atoms with Crippen molar-refractivity contribution in [3.63, 3.8) is 0 Å². The molecule has 9 heteroatoms. The van der Waals surface area contributed by atoms with Crippen LogP contribution < -0.4 is 15.1 Å². The quantitative estimate of drug-likeness (QED) is 0.297. The number of hydrogen-bond donors (Lipinski definition) is 1. The summed E-state index contributed by atoms with van der Waals surface area (Å²) in [6.07, 6.45) is 0. The normalized spacial score (nSPS) is 13.7. The van der Waals surface area contributed by atoms with Gasteiger partial charge in [0, 0.05) is 35.9 Å². The van der Waals surface area contributed by atoms with Crippen LogP contribution in [0.2, 0.25) is 5.02 Å². The van der Waals surface area contributed by atoms with Gasteiger partial charge in [0.2, 0.25) is 9.84 Å². The van der Waals surface area contributed by atoms with Crippen molar-refractivity contribution in [1.82, 2.24) is 5.32 Å². The van der Waals surface area contributed by atoms with E-state index in [1.807, 2.05) is 43.3 Å². The molecule has 0 spiro atoms. The summed E-state index contributed by atoms with van der Waals surface area (Å²) in [7, 11) is -4.04. The monoisotopic (exact) mass is 573 g/mol. The number of hydrogen-bond acceptors (Lipinski definition) is 5. The molecular weight excluding hydrogens is 546 g/mol. The van der Waals surface area contributed by atoms with Crippen molar-refractivity contribution in [2.45, 2.75) is 23.3 Å². The molecule has 0 bridgehead atoms. The number of likely N-dealkylation sites (N-methyl/N-ethyl adjacent to an activating group) is 1. The topological polar surface area (TPSA) is 86.8 Å². The highest BCUT2D eigenvalue weighted by molar-refractivity contribution is 7.91. The number of carbonyl (C=O) groups excluding carboxylic acids is 2. The predicted octanol–water partition coefficient (Wildman–Crippen LogP) is 5.59. The van der Waals surface area contributed by atoms with E-state index < -0.39 is 15.7 Å². The summed E-state index contributed by atoms with van der Waals surface area (Å²) in [6, 6.07) is 27.5. The van der Waals surface area contributed by atoms with Crippen molar-refractivity contribution in [2.75, 3.05) is 29.4 Å². The van der Waals surface area contributed by atoms with E-state index in [1.165, 1.54) is 35.2 Å². The first-order valence-corrected chi connectivity index (χ1v) is 14.8. The highest BCUT2D eigenvalue weighted by Gasteiger charge is 2.36. The molecule has 7 nitrogen and oxygen atoms in total. The van der Waals surface area contributed by atoms with E-state index in [9.17, 15) is 18.0 Å². The Morgan fingerprint density at radius 3 is 2.40 bits per heavy atom. The highest BCUT2D eigenvalue weighted by atomic mass is 35.5. The molecule has 0 unspecified atom stereocenters. The van der Waals surface area contributed by atoms with E-state index in [0.29, 0.717) is 18.1 Å². The second-order valence-electron chi connectivity index (χ2n) is 9.37. The molecule has 0 fully saturated rings. The van der Waals surface area contributed by atoms with Crippen LogP contribution in [0.1, 0.15) is 33.2 Å². The van der Waals surface area contributed by atoms with Crippen LogP contribution in [0.4, 0.5) is 11.4 Å². The number of amides is 2.